The second-order valence-electron chi connectivity index (χ2n) is 5.56. The van der Waals surface area contributed by atoms with Crippen LogP contribution in [0, 0.1) is 6.92 Å². The number of aryl methyl sites for hydroxylation is 1. The fraction of sp³-hybridized carbons (Fsp3) is 0.312. The minimum absolute atomic E-state index is 0.175. The van der Waals surface area contributed by atoms with Crippen molar-refractivity contribution in [2.45, 2.75) is 29.0 Å². The Kier molecular flexibility index (Phi) is 6.15. The van der Waals surface area contributed by atoms with Gasteiger partial charge in [-0.15, -0.1) is 0 Å². The number of benzene rings is 1. The van der Waals surface area contributed by atoms with Crippen LogP contribution in [0.1, 0.15) is 12.6 Å². The lowest BCUT2D eigenvalue weighted by molar-refractivity contribution is -0.115. The van der Waals surface area contributed by atoms with E-state index in [-0.39, 0.29) is 16.1 Å². The first-order valence-corrected chi connectivity index (χ1v) is 9.81. The second-order valence-corrected chi connectivity index (χ2v) is 9.07. The number of rotatable bonds is 6. The standard InChI is InChI=1S/C16H20N4O3S2/c1-11-9-15(18-10-17-11)24-12(2)16(21)19-13-5-7-14(8-6-13)25(22,23)20(3)4/h5-10,12H,1-4H3,(H,19,21). The van der Waals surface area contributed by atoms with Crippen LogP contribution in [0.25, 0.3) is 0 Å². The summed E-state index contributed by atoms with van der Waals surface area (Å²) in [7, 11) is -0.539. The molecule has 1 aromatic carbocycles. The van der Waals surface area contributed by atoms with Gasteiger partial charge in [0.05, 0.1) is 10.1 Å². The van der Waals surface area contributed by atoms with Crippen molar-refractivity contribution in [3.8, 4) is 0 Å². The van der Waals surface area contributed by atoms with Gasteiger partial charge in [0, 0.05) is 25.5 Å². The molecule has 134 valence electrons. The summed E-state index contributed by atoms with van der Waals surface area (Å²) in [6.45, 7) is 3.64. The molecule has 25 heavy (non-hydrogen) atoms. The molecule has 2 aromatic rings. The molecular weight excluding hydrogens is 360 g/mol. The Labute approximate surface area is 151 Å². The number of carbonyl (C=O) groups is 1. The number of hydrogen-bond donors (Lipinski definition) is 1. The molecule has 1 atom stereocenters. The molecule has 0 spiro atoms. The van der Waals surface area contributed by atoms with E-state index < -0.39 is 10.0 Å². The number of anilines is 1. The molecule has 0 aliphatic rings. The summed E-state index contributed by atoms with van der Waals surface area (Å²) in [5.41, 5.74) is 1.37. The SMILES string of the molecule is Cc1cc(SC(C)C(=O)Nc2ccc(S(=O)(=O)N(C)C)cc2)ncn1. The summed E-state index contributed by atoms with van der Waals surface area (Å²) < 4.78 is 25.2. The van der Waals surface area contributed by atoms with Crippen LogP contribution in [0.4, 0.5) is 5.69 Å². The van der Waals surface area contributed by atoms with Gasteiger partial charge in [0.1, 0.15) is 11.4 Å². The van der Waals surface area contributed by atoms with Gasteiger partial charge in [0.2, 0.25) is 15.9 Å². The van der Waals surface area contributed by atoms with Crippen molar-refractivity contribution in [1.29, 1.82) is 0 Å². The van der Waals surface area contributed by atoms with E-state index in [1.165, 1.54) is 44.3 Å². The Balaban J connectivity index is 2.03. The second kappa shape index (κ2) is 7.94. The largest absolute Gasteiger partial charge is 0.325 e. The van der Waals surface area contributed by atoms with Crippen LogP contribution in [-0.2, 0) is 14.8 Å². The molecule has 0 radical (unpaired) electrons. The van der Waals surface area contributed by atoms with Crippen molar-refractivity contribution in [2.24, 2.45) is 0 Å². The number of thioether (sulfide) groups is 1. The van der Waals surface area contributed by atoms with Gasteiger partial charge in [-0.05, 0) is 44.2 Å². The lowest BCUT2D eigenvalue weighted by Crippen LogP contribution is -2.23. The highest BCUT2D eigenvalue weighted by molar-refractivity contribution is 8.00. The van der Waals surface area contributed by atoms with Crippen molar-refractivity contribution in [2.75, 3.05) is 19.4 Å². The molecule has 2 rings (SSSR count). The molecular formula is C16H20N4O3S2. The van der Waals surface area contributed by atoms with E-state index in [0.29, 0.717) is 5.69 Å². The fourth-order valence-electron chi connectivity index (χ4n) is 1.89. The highest BCUT2D eigenvalue weighted by atomic mass is 32.2. The number of nitrogens with zero attached hydrogens (tertiary/aromatic N) is 3. The van der Waals surface area contributed by atoms with Gasteiger partial charge in [-0.1, -0.05) is 11.8 Å². The van der Waals surface area contributed by atoms with Crippen molar-refractivity contribution >= 4 is 33.4 Å². The lowest BCUT2D eigenvalue weighted by atomic mass is 10.3. The Bertz CT molecular complexity index is 852. The van der Waals surface area contributed by atoms with Crippen LogP contribution in [0.3, 0.4) is 0 Å². The number of aromatic nitrogens is 2. The zero-order valence-electron chi connectivity index (χ0n) is 14.4. The van der Waals surface area contributed by atoms with Gasteiger partial charge in [0.15, 0.2) is 0 Å². The molecule has 7 nitrogen and oxygen atoms in total. The highest BCUT2D eigenvalue weighted by Gasteiger charge is 2.18. The maximum atomic E-state index is 12.3. The van der Waals surface area contributed by atoms with Gasteiger partial charge in [0.25, 0.3) is 0 Å². The van der Waals surface area contributed by atoms with Crippen molar-refractivity contribution in [1.82, 2.24) is 14.3 Å². The molecule has 9 heteroatoms. The molecule has 0 aliphatic heterocycles. The van der Waals surface area contributed by atoms with Crippen molar-refractivity contribution < 1.29 is 13.2 Å². The predicted octanol–water partition coefficient (Wildman–Crippen LogP) is 2.15. The number of carbonyl (C=O) groups excluding carboxylic acids is 1. The first-order chi connectivity index (χ1) is 11.7. The summed E-state index contributed by atoms with van der Waals surface area (Å²) >= 11 is 1.33. The normalized spacial score (nSPS) is 12.8. The summed E-state index contributed by atoms with van der Waals surface area (Å²) in [6.07, 6.45) is 1.46. The third-order valence-electron chi connectivity index (χ3n) is 3.35. The molecule has 1 heterocycles. The molecule has 0 fully saturated rings. The average Bonchev–Trinajstić information content (AvgIpc) is 2.55. The van der Waals surface area contributed by atoms with Gasteiger partial charge in [-0.3, -0.25) is 4.79 Å². The van der Waals surface area contributed by atoms with Crippen molar-refractivity contribution in [3.05, 3.63) is 42.4 Å². The third-order valence-corrected chi connectivity index (χ3v) is 6.21. The molecule has 1 N–H and O–H groups in total. The molecule has 0 aliphatic carbocycles. The molecule has 0 saturated carbocycles. The lowest BCUT2D eigenvalue weighted by Gasteiger charge is -2.13. The maximum absolute atomic E-state index is 12.3. The first kappa shape index (κ1) is 19.4. The smallest absolute Gasteiger partial charge is 0.242 e. The van der Waals surface area contributed by atoms with Crippen LogP contribution < -0.4 is 5.32 Å². The van der Waals surface area contributed by atoms with Crippen LogP contribution in [-0.4, -0.2) is 47.9 Å². The van der Waals surface area contributed by atoms with Gasteiger partial charge < -0.3 is 5.32 Å². The van der Waals surface area contributed by atoms with Crippen LogP contribution in [0.5, 0.6) is 0 Å². The first-order valence-electron chi connectivity index (χ1n) is 7.49. The van der Waals surface area contributed by atoms with E-state index in [9.17, 15) is 13.2 Å². The number of hydrogen-bond acceptors (Lipinski definition) is 6. The van der Waals surface area contributed by atoms with Crippen LogP contribution in [0.15, 0.2) is 46.6 Å². The fourth-order valence-corrected chi connectivity index (χ4v) is 3.67. The van der Waals surface area contributed by atoms with Gasteiger partial charge in [-0.25, -0.2) is 22.7 Å². The van der Waals surface area contributed by atoms with E-state index in [4.69, 9.17) is 0 Å². The van der Waals surface area contributed by atoms with Crippen molar-refractivity contribution in [3.63, 3.8) is 0 Å². The predicted molar refractivity (Wildman–Crippen MR) is 98.0 cm³/mol. The Hall–Kier alpha value is -1.97. The third kappa shape index (κ3) is 5.00. The number of amides is 1. The summed E-state index contributed by atoms with van der Waals surface area (Å²) in [5, 5.41) is 3.14. The monoisotopic (exact) mass is 380 g/mol. The Morgan fingerprint density at radius 2 is 1.84 bits per heavy atom. The van der Waals surface area contributed by atoms with E-state index in [1.54, 1.807) is 19.1 Å². The molecule has 1 amide bonds. The van der Waals surface area contributed by atoms with Gasteiger partial charge in [-0.2, -0.15) is 0 Å². The van der Waals surface area contributed by atoms with E-state index in [0.717, 1.165) is 15.0 Å². The van der Waals surface area contributed by atoms with Gasteiger partial charge >= 0.3 is 0 Å². The molecule has 1 unspecified atom stereocenters. The highest BCUT2D eigenvalue weighted by Crippen LogP contribution is 2.23. The quantitative estimate of drug-likeness (QED) is 0.610. The van der Waals surface area contributed by atoms with E-state index in [2.05, 4.69) is 15.3 Å². The minimum Gasteiger partial charge on any atom is -0.325 e. The van der Waals surface area contributed by atoms with E-state index >= 15 is 0 Å². The van der Waals surface area contributed by atoms with Crippen LogP contribution >= 0.6 is 11.8 Å². The number of sulfonamides is 1. The Morgan fingerprint density at radius 3 is 2.40 bits per heavy atom. The summed E-state index contributed by atoms with van der Waals surface area (Å²) in [4.78, 5) is 20.6. The summed E-state index contributed by atoms with van der Waals surface area (Å²) in [5.74, 6) is -0.190. The zero-order chi connectivity index (χ0) is 18.6. The number of nitrogens with one attached hydrogen (secondary N) is 1. The van der Waals surface area contributed by atoms with Crippen LogP contribution in [0.2, 0.25) is 0 Å². The summed E-state index contributed by atoms with van der Waals surface area (Å²) in [6, 6.07) is 7.89. The molecule has 1 aromatic heterocycles. The molecule has 0 bridgehead atoms. The Morgan fingerprint density at radius 1 is 1.20 bits per heavy atom. The zero-order valence-corrected chi connectivity index (χ0v) is 16.1. The minimum atomic E-state index is -3.48. The maximum Gasteiger partial charge on any atom is 0.242 e. The average molecular weight is 380 g/mol. The molecule has 0 saturated heterocycles. The van der Waals surface area contributed by atoms with E-state index in [1.807, 2.05) is 13.0 Å². The topological polar surface area (TPSA) is 92.3 Å².